The van der Waals surface area contributed by atoms with Gasteiger partial charge >= 0.3 is 5.97 Å². The Labute approximate surface area is 79.2 Å². The summed E-state index contributed by atoms with van der Waals surface area (Å²) in [5.74, 6) is 0.159. The van der Waals surface area contributed by atoms with Crippen molar-refractivity contribution >= 4 is 20.5 Å². The second-order valence-electron chi connectivity index (χ2n) is 2.44. The van der Waals surface area contributed by atoms with Gasteiger partial charge in [0.15, 0.2) is 0 Å². The molecular weight excluding hydrogens is 187 g/mol. The first-order valence-corrected chi connectivity index (χ1v) is 4.36. The van der Waals surface area contributed by atoms with Crippen molar-refractivity contribution in [1.29, 1.82) is 0 Å². The summed E-state index contributed by atoms with van der Waals surface area (Å²) in [6.07, 6.45) is 0. The van der Waals surface area contributed by atoms with Crippen molar-refractivity contribution in [1.82, 2.24) is 0 Å². The van der Waals surface area contributed by atoms with Gasteiger partial charge in [0.1, 0.15) is 12.4 Å². The van der Waals surface area contributed by atoms with E-state index in [1.165, 1.54) is 7.11 Å². The average Bonchev–Trinajstić information content (AvgIpc) is 2.09. The predicted molar refractivity (Wildman–Crippen MR) is 53.3 cm³/mol. The first-order chi connectivity index (χ1) is 6.24. The summed E-state index contributed by atoms with van der Waals surface area (Å²) < 4.78 is 9.64. The minimum Gasteiger partial charge on any atom is -0.424 e. The van der Waals surface area contributed by atoms with Crippen LogP contribution in [0.15, 0.2) is 24.3 Å². The Morgan fingerprint density at radius 1 is 1.46 bits per heavy atom. The molecule has 0 aliphatic carbocycles. The minimum absolute atomic E-state index is 0.0288. The molecule has 0 bridgehead atoms. The van der Waals surface area contributed by atoms with Crippen LogP contribution in [0.2, 0.25) is 0 Å². The normalized spacial score (nSPS) is 9.69. The molecule has 0 aromatic heterocycles. The molecule has 70 valence electrons. The van der Waals surface area contributed by atoms with Crippen LogP contribution in [0.4, 0.5) is 0 Å². The monoisotopic (exact) mass is 198 g/mol. The maximum absolute atomic E-state index is 11.0. The zero-order valence-corrected chi connectivity index (χ0v) is 8.47. The lowest BCUT2D eigenvalue weighted by atomic mass is 10.3. The first kappa shape index (κ1) is 10.2. The molecule has 1 rings (SSSR count). The number of methoxy groups -OCH3 is 1. The summed E-state index contributed by atoms with van der Waals surface area (Å²) in [6, 6.07) is 7.26. The van der Waals surface area contributed by atoms with E-state index in [0.717, 1.165) is 5.30 Å². The van der Waals surface area contributed by atoms with Gasteiger partial charge in [-0.2, -0.15) is 0 Å². The van der Waals surface area contributed by atoms with Gasteiger partial charge in [-0.1, -0.05) is 18.2 Å². The Morgan fingerprint density at radius 2 is 2.15 bits per heavy atom. The molecule has 1 unspecified atom stereocenters. The Morgan fingerprint density at radius 3 is 2.77 bits per heavy atom. The van der Waals surface area contributed by atoms with Gasteiger partial charge < -0.3 is 9.47 Å². The number of rotatable bonds is 3. The van der Waals surface area contributed by atoms with Gasteiger partial charge in [-0.3, -0.25) is 0 Å². The van der Waals surface area contributed by atoms with Crippen molar-refractivity contribution in [2.75, 3.05) is 13.7 Å². The van der Waals surface area contributed by atoms with E-state index >= 15 is 0 Å². The molecule has 0 aliphatic heterocycles. The van der Waals surface area contributed by atoms with Crippen molar-refractivity contribution in [3.05, 3.63) is 24.3 Å². The van der Waals surface area contributed by atoms with Crippen LogP contribution in [0, 0.1) is 0 Å². The fourth-order valence-corrected chi connectivity index (χ4v) is 1.11. The molecule has 13 heavy (non-hydrogen) atoms. The molecule has 0 saturated heterocycles. The summed E-state index contributed by atoms with van der Waals surface area (Å²) >= 11 is 0. The average molecular weight is 198 g/mol. The molecular formula is C9H11O3P. The molecule has 0 heterocycles. The van der Waals surface area contributed by atoms with E-state index in [9.17, 15) is 4.79 Å². The van der Waals surface area contributed by atoms with Crippen LogP contribution in [0.25, 0.3) is 0 Å². The van der Waals surface area contributed by atoms with E-state index in [-0.39, 0.29) is 6.61 Å². The van der Waals surface area contributed by atoms with Crippen molar-refractivity contribution in [2.45, 2.75) is 0 Å². The SMILES string of the molecule is COCC(=O)Oc1ccccc1P. The third-order valence-corrected chi connectivity index (χ3v) is 1.88. The lowest BCUT2D eigenvalue weighted by molar-refractivity contribution is -0.138. The minimum atomic E-state index is -0.391. The van der Waals surface area contributed by atoms with Gasteiger partial charge in [-0.25, -0.2) is 4.79 Å². The quantitative estimate of drug-likeness (QED) is 0.408. The van der Waals surface area contributed by atoms with Crippen LogP contribution in [0.1, 0.15) is 0 Å². The fourth-order valence-electron chi connectivity index (χ4n) is 0.843. The number of hydrogen-bond acceptors (Lipinski definition) is 3. The molecule has 4 heteroatoms. The molecule has 0 saturated carbocycles. The molecule has 0 radical (unpaired) electrons. The summed E-state index contributed by atoms with van der Waals surface area (Å²) in [5.41, 5.74) is 0. The summed E-state index contributed by atoms with van der Waals surface area (Å²) in [5, 5.41) is 0.854. The zero-order chi connectivity index (χ0) is 9.68. The van der Waals surface area contributed by atoms with E-state index in [1.807, 2.05) is 18.2 Å². The lowest BCUT2D eigenvalue weighted by Gasteiger charge is -2.05. The van der Waals surface area contributed by atoms with Crippen LogP contribution in [-0.4, -0.2) is 19.7 Å². The van der Waals surface area contributed by atoms with Crippen LogP contribution in [0.3, 0.4) is 0 Å². The highest BCUT2D eigenvalue weighted by molar-refractivity contribution is 7.27. The number of esters is 1. The Hall–Kier alpha value is -0.920. The Balaban J connectivity index is 2.63. The van der Waals surface area contributed by atoms with Gasteiger partial charge in [-0.05, 0) is 6.07 Å². The Bertz CT molecular complexity index is 299. The number of carbonyl (C=O) groups is 1. The summed E-state index contributed by atoms with van der Waals surface area (Å²) in [6.45, 7) is -0.0288. The van der Waals surface area contributed by atoms with Crippen LogP contribution in [-0.2, 0) is 9.53 Å². The first-order valence-electron chi connectivity index (χ1n) is 3.78. The van der Waals surface area contributed by atoms with Crippen molar-refractivity contribution in [3.63, 3.8) is 0 Å². The van der Waals surface area contributed by atoms with E-state index in [1.54, 1.807) is 6.07 Å². The van der Waals surface area contributed by atoms with Crippen LogP contribution in [0.5, 0.6) is 5.75 Å². The molecule has 1 aromatic carbocycles. The van der Waals surface area contributed by atoms with E-state index in [2.05, 4.69) is 14.0 Å². The summed E-state index contributed by atoms with van der Waals surface area (Å²) in [4.78, 5) is 11.0. The lowest BCUT2D eigenvalue weighted by Crippen LogP contribution is -2.16. The van der Waals surface area contributed by atoms with Gasteiger partial charge in [0.2, 0.25) is 0 Å². The molecule has 3 nitrogen and oxygen atoms in total. The standard InChI is InChI=1S/C9H11O3P/c1-11-6-9(10)12-7-4-2-3-5-8(7)13/h2-5H,6,13H2,1H3. The highest BCUT2D eigenvalue weighted by Gasteiger charge is 2.05. The molecule has 0 spiro atoms. The second-order valence-corrected chi connectivity index (χ2v) is 3.07. The van der Waals surface area contributed by atoms with Crippen molar-refractivity contribution in [3.8, 4) is 5.75 Å². The number of ether oxygens (including phenoxy) is 2. The van der Waals surface area contributed by atoms with E-state index in [4.69, 9.17) is 4.74 Å². The predicted octanol–water partition coefficient (Wildman–Crippen LogP) is 0.739. The van der Waals surface area contributed by atoms with E-state index < -0.39 is 5.97 Å². The summed E-state index contributed by atoms with van der Waals surface area (Å²) in [7, 11) is 3.95. The molecule has 1 aromatic rings. The molecule has 0 N–H and O–H groups in total. The van der Waals surface area contributed by atoms with Gasteiger partial charge in [0.05, 0.1) is 0 Å². The second kappa shape index (κ2) is 4.95. The highest BCUT2D eigenvalue weighted by Crippen LogP contribution is 2.09. The van der Waals surface area contributed by atoms with Gasteiger partial charge in [-0.15, -0.1) is 9.24 Å². The molecule has 0 fully saturated rings. The Kier molecular flexibility index (Phi) is 3.87. The van der Waals surface area contributed by atoms with Crippen LogP contribution >= 0.6 is 9.24 Å². The van der Waals surface area contributed by atoms with E-state index in [0.29, 0.717) is 5.75 Å². The van der Waals surface area contributed by atoms with Gasteiger partial charge in [0.25, 0.3) is 0 Å². The topological polar surface area (TPSA) is 35.5 Å². The third kappa shape index (κ3) is 3.13. The largest absolute Gasteiger partial charge is 0.424 e. The molecule has 1 atom stereocenters. The number of hydrogen-bond donors (Lipinski definition) is 0. The highest BCUT2D eigenvalue weighted by atomic mass is 31.0. The third-order valence-electron chi connectivity index (χ3n) is 1.40. The molecule has 0 aliphatic rings. The number of benzene rings is 1. The number of para-hydroxylation sites is 1. The van der Waals surface area contributed by atoms with Gasteiger partial charge in [0, 0.05) is 12.4 Å². The maximum Gasteiger partial charge on any atom is 0.337 e. The van der Waals surface area contributed by atoms with Crippen molar-refractivity contribution in [2.24, 2.45) is 0 Å². The number of carbonyl (C=O) groups excluding carboxylic acids is 1. The van der Waals surface area contributed by atoms with Crippen LogP contribution < -0.4 is 10.0 Å². The zero-order valence-electron chi connectivity index (χ0n) is 7.32. The van der Waals surface area contributed by atoms with Crippen molar-refractivity contribution < 1.29 is 14.3 Å². The fraction of sp³-hybridized carbons (Fsp3) is 0.222. The molecule has 0 amide bonds. The maximum atomic E-state index is 11.0. The smallest absolute Gasteiger partial charge is 0.337 e.